The first-order valence-corrected chi connectivity index (χ1v) is 11.2. The number of rotatable bonds is 8. The van der Waals surface area contributed by atoms with E-state index < -0.39 is 47.8 Å². The van der Waals surface area contributed by atoms with E-state index in [1.54, 1.807) is 4.90 Å². The lowest BCUT2D eigenvalue weighted by Gasteiger charge is -2.42. The van der Waals surface area contributed by atoms with Gasteiger partial charge in [0.25, 0.3) is 6.47 Å². The highest BCUT2D eigenvalue weighted by atomic mass is 19.4. The summed E-state index contributed by atoms with van der Waals surface area (Å²) in [6, 6.07) is 3.21. The van der Waals surface area contributed by atoms with Crippen LogP contribution in [-0.2, 0) is 34.6 Å². The summed E-state index contributed by atoms with van der Waals surface area (Å²) in [5, 5.41) is 2.87. The van der Waals surface area contributed by atoms with Crippen LogP contribution in [0.1, 0.15) is 53.6 Å². The van der Waals surface area contributed by atoms with Crippen molar-refractivity contribution < 1.29 is 49.0 Å². The number of anilines is 1. The maximum Gasteiger partial charge on any atom is 0.416 e. The third-order valence-corrected chi connectivity index (χ3v) is 6.18. The number of fused-ring (bicyclic) bond motifs is 1. The molecule has 2 atom stereocenters. The highest BCUT2D eigenvalue weighted by Crippen LogP contribution is 2.42. The first-order chi connectivity index (χ1) is 17.1. The van der Waals surface area contributed by atoms with Gasteiger partial charge in [0, 0.05) is 24.3 Å². The Morgan fingerprint density at radius 1 is 0.919 bits per heavy atom. The van der Waals surface area contributed by atoms with Crippen LogP contribution >= 0.6 is 0 Å². The third-order valence-electron chi connectivity index (χ3n) is 6.18. The Hall–Kier alpha value is -2.96. The van der Waals surface area contributed by atoms with Crippen molar-refractivity contribution in [2.75, 3.05) is 18.1 Å². The number of halogens is 9. The molecule has 0 aliphatic carbocycles. The van der Waals surface area contributed by atoms with Gasteiger partial charge >= 0.3 is 18.5 Å². The fourth-order valence-electron chi connectivity index (χ4n) is 4.44. The predicted octanol–water partition coefficient (Wildman–Crippen LogP) is 6.74. The molecule has 4 nitrogen and oxygen atoms in total. The molecule has 2 aromatic rings. The molecule has 1 aliphatic heterocycles. The van der Waals surface area contributed by atoms with E-state index in [0.717, 1.165) is 12.1 Å². The van der Waals surface area contributed by atoms with Gasteiger partial charge in [-0.1, -0.05) is 6.92 Å². The number of benzene rings is 2. The lowest BCUT2D eigenvalue weighted by Crippen LogP contribution is -2.45. The number of carbonyl (C=O) groups excluding carboxylic acids is 1. The molecule has 37 heavy (non-hydrogen) atoms. The first kappa shape index (κ1) is 28.6. The SMILES string of the molecule is CCC1CC(NCc2cc(C(F)(F)F)cc(C(F)(F)F)c2)c2cc(C(F)(F)F)ccc2N1CCOC=O. The van der Waals surface area contributed by atoms with Crippen LogP contribution in [0.2, 0.25) is 0 Å². The Labute approximate surface area is 206 Å². The van der Waals surface area contributed by atoms with Crippen molar-refractivity contribution in [1.82, 2.24) is 5.32 Å². The molecule has 0 bridgehead atoms. The molecule has 0 spiro atoms. The molecule has 0 saturated heterocycles. The van der Waals surface area contributed by atoms with Crippen molar-refractivity contribution in [2.45, 2.75) is 56.9 Å². The predicted molar refractivity (Wildman–Crippen MR) is 116 cm³/mol. The van der Waals surface area contributed by atoms with E-state index in [2.05, 4.69) is 5.32 Å². The second-order valence-electron chi connectivity index (χ2n) is 8.58. The molecule has 0 saturated carbocycles. The van der Waals surface area contributed by atoms with E-state index in [4.69, 9.17) is 4.74 Å². The van der Waals surface area contributed by atoms with Gasteiger partial charge in [0.15, 0.2) is 0 Å². The monoisotopic (exact) mass is 542 g/mol. The average Bonchev–Trinajstić information content (AvgIpc) is 2.81. The number of hydrogen-bond donors (Lipinski definition) is 1. The summed E-state index contributed by atoms with van der Waals surface area (Å²) in [6.45, 7) is 1.78. The van der Waals surface area contributed by atoms with Crippen molar-refractivity contribution in [2.24, 2.45) is 0 Å². The molecule has 0 fully saturated rings. The second-order valence-corrected chi connectivity index (χ2v) is 8.58. The molecule has 0 aromatic heterocycles. The number of nitrogens with one attached hydrogen (secondary N) is 1. The van der Waals surface area contributed by atoms with Crippen molar-refractivity contribution >= 4 is 12.2 Å². The van der Waals surface area contributed by atoms with Gasteiger partial charge in [0.2, 0.25) is 0 Å². The van der Waals surface area contributed by atoms with Gasteiger partial charge in [0.05, 0.1) is 23.2 Å². The van der Waals surface area contributed by atoms with Crippen LogP contribution in [0.5, 0.6) is 0 Å². The Morgan fingerprint density at radius 3 is 2.03 bits per heavy atom. The lowest BCUT2D eigenvalue weighted by atomic mass is 9.88. The quantitative estimate of drug-likeness (QED) is 0.228. The van der Waals surface area contributed by atoms with Crippen LogP contribution in [0, 0.1) is 0 Å². The summed E-state index contributed by atoms with van der Waals surface area (Å²) >= 11 is 0. The molecule has 1 aliphatic rings. The zero-order chi connectivity index (χ0) is 27.6. The van der Waals surface area contributed by atoms with Crippen LogP contribution in [0.4, 0.5) is 45.2 Å². The summed E-state index contributed by atoms with van der Waals surface area (Å²) in [5.41, 5.74) is -3.63. The Balaban J connectivity index is 1.98. The topological polar surface area (TPSA) is 41.6 Å². The molecule has 1 heterocycles. The number of ether oxygens (including phenoxy) is 1. The fourth-order valence-corrected chi connectivity index (χ4v) is 4.44. The van der Waals surface area contributed by atoms with Crippen LogP contribution in [-0.4, -0.2) is 25.7 Å². The number of alkyl halides is 9. The molecule has 2 unspecified atom stereocenters. The van der Waals surface area contributed by atoms with Gasteiger partial charge < -0.3 is 15.0 Å². The molecular weight excluding hydrogens is 519 g/mol. The highest BCUT2D eigenvalue weighted by Gasteiger charge is 2.38. The fraction of sp³-hybridized carbons (Fsp3) is 0.458. The van der Waals surface area contributed by atoms with Gasteiger partial charge in [-0.3, -0.25) is 4.79 Å². The zero-order valence-corrected chi connectivity index (χ0v) is 19.4. The minimum atomic E-state index is -5.02. The van der Waals surface area contributed by atoms with Crippen LogP contribution in [0.3, 0.4) is 0 Å². The van der Waals surface area contributed by atoms with Gasteiger partial charge in [0.1, 0.15) is 6.61 Å². The van der Waals surface area contributed by atoms with Crippen LogP contribution in [0.15, 0.2) is 36.4 Å². The van der Waals surface area contributed by atoms with E-state index in [1.807, 2.05) is 6.92 Å². The highest BCUT2D eigenvalue weighted by molar-refractivity contribution is 5.60. The smallest absolute Gasteiger partial charge is 0.416 e. The van der Waals surface area contributed by atoms with E-state index in [1.165, 1.54) is 6.07 Å². The summed E-state index contributed by atoms with van der Waals surface area (Å²) in [4.78, 5) is 12.3. The zero-order valence-electron chi connectivity index (χ0n) is 19.4. The van der Waals surface area contributed by atoms with E-state index in [9.17, 15) is 44.3 Å². The first-order valence-electron chi connectivity index (χ1n) is 11.2. The minimum Gasteiger partial charge on any atom is -0.466 e. The third kappa shape index (κ3) is 6.88. The van der Waals surface area contributed by atoms with E-state index in [-0.39, 0.29) is 49.3 Å². The van der Waals surface area contributed by atoms with E-state index >= 15 is 0 Å². The number of carbonyl (C=O) groups is 1. The Kier molecular flexibility index (Phi) is 8.35. The summed E-state index contributed by atoms with van der Waals surface area (Å²) in [6.07, 6.45) is -14.0. The molecule has 0 amide bonds. The van der Waals surface area contributed by atoms with Gasteiger partial charge in [-0.15, -0.1) is 0 Å². The normalized spacial score (nSPS) is 18.5. The lowest BCUT2D eigenvalue weighted by molar-refractivity contribution is -0.143. The number of hydrogen-bond acceptors (Lipinski definition) is 4. The Morgan fingerprint density at radius 2 is 1.51 bits per heavy atom. The van der Waals surface area contributed by atoms with E-state index in [0.29, 0.717) is 24.2 Å². The average molecular weight is 542 g/mol. The molecule has 1 N–H and O–H groups in total. The van der Waals surface area contributed by atoms with Crippen molar-refractivity contribution in [3.05, 3.63) is 64.2 Å². The largest absolute Gasteiger partial charge is 0.466 e. The van der Waals surface area contributed by atoms with Gasteiger partial charge in [-0.25, -0.2) is 0 Å². The molecular formula is C24H23F9N2O2. The molecule has 3 rings (SSSR count). The summed E-state index contributed by atoms with van der Waals surface area (Å²) in [7, 11) is 0. The second kappa shape index (κ2) is 10.8. The standard InChI is InChI=1S/C24H23F9N2O2/c1-2-18-11-20(34-12-14-7-16(23(28,29)30)9-17(8-14)24(31,32)33)19-10-15(22(25,26)27)3-4-21(19)35(18)5-6-37-13-36/h3-4,7-10,13,18,20,34H,2,5-6,11-12H2,1H3. The summed E-state index contributed by atoms with van der Waals surface area (Å²) < 4.78 is 124. The molecule has 204 valence electrons. The van der Waals surface area contributed by atoms with Crippen LogP contribution < -0.4 is 10.2 Å². The maximum absolute atomic E-state index is 13.4. The summed E-state index contributed by atoms with van der Waals surface area (Å²) in [5.74, 6) is 0. The minimum absolute atomic E-state index is 0.0153. The maximum atomic E-state index is 13.4. The van der Waals surface area contributed by atoms with Crippen molar-refractivity contribution in [1.29, 1.82) is 0 Å². The van der Waals surface area contributed by atoms with Crippen molar-refractivity contribution in [3.63, 3.8) is 0 Å². The molecule has 2 aromatic carbocycles. The molecule has 0 radical (unpaired) electrons. The van der Waals surface area contributed by atoms with Crippen molar-refractivity contribution in [3.8, 4) is 0 Å². The van der Waals surface area contributed by atoms with Gasteiger partial charge in [-0.2, -0.15) is 39.5 Å². The Bertz CT molecular complexity index is 1060. The van der Waals surface area contributed by atoms with Crippen LogP contribution in [0.25, 0.3) is 0 Å². The number of nitrogens with zero attached hydrogens (tertiary/aromatic N) is 1. The molecule has 13 heteroatoms. The van der Waals surface area contributed by atoms with Gasteiger partial charge in [-0.05, 0) is 60.4 Å².